The lowest BCUT2D eigenvalue weighted by Crippen LogP contribution is -2.26. The van der Waals surface area contributed by atoms with Crippen molar-refractivity contribution in [1.29, 1.82) is 0 Å². The summed E-state index contributed by atoms with van der Waals surface area (Å²) in [6.45, 7) is 0. The van der Waals surface area contributed by atoms with Crippen LogP contribution in [0.1, 0.15) is 0 Å². The molecule has 0 N–H and O–H groups in total. The molecule has 0 saturated carbocycles. The highest BCUT2D eigenvalue weighted by molar-refractivity contribution is 5.83. The van der Waals surface area contributed by atoms with E-state index in [0.29, 0.717) is 0 Å². The Kier molecular flexibility index (Phi) is 4.75. The molecule has 0 fully saturated rings. The van der Waals surface area contributed by atoms with Gasteiger partial charge < -0.3 is 18.9 Å². The van der Waals surface area contributed by atoms with Crippen molar-refractivity contribution in [3.8, 4) is 0 Å². The molecule has 0 aliphatic rings. The van der Waals surface area contributed by atoms with Gasteiger partial charge in [-0.3, -0.25) is 0 Å². The van der Waals surface area contributed by atoms with E-state index in [4.69, 9.17) is 0 Å². The third-order valence-electron chi connectivity index (χ3n) is 0.731. The minimum absolute atomic E-state index is 2.45. The summed E-state index contributed by atoms with van der Waals surface area (Å²) in [6, 6.07) is 0. The highest BCUT2D eigenvalue weighted by Crippen LogP contribution is 2.18. The molecule has 0 atom stereocenters. The van der Waals surface area contributed by atoms with E-state index in [-0.39, 0.29) is 0 Å². The van der Waals surface area contributed by atoms with Crippen LogP contribution >= 0.6 is 0 Å². The Morgan fingerprint density at radius 2 is 0.889 bits per heavy atom. The second kappa shape index (κ2) is 5.42. The van der Waals surface area contributed by atoms with Crippen molar-refractivity contribution in [3.63, 3.8) is 0 Å². The van der Waals surface area contributed by atoms with Crippen LogP contribution in [0.4, 0.5) is 40.7 Å². The molecular weight excluding hydrogens is 286 g/mol. The Morgan fingerprint density at radius 3 is 1.11 bits per heavy atom. The minimum Gasteiger partial charge on any atom is -0.340 e. The minimum atomic E-state index is -5.50. The summed E-state index contributed by atoms with van der Waals surface area (Å²) < 4.78 is 78.9. The van der Waals surface area contributed by atoms with Gasteiger partial charge in [-0.2, -0.15) is 0 Å². The maximum Gasteiger partial charge on any atom is 0.577 e. The fraction of sp³-hybridized carbons (Fsp3) is 0.400. The van der Waals surface area contributed by atoms with Gasteiger partial charge >= 0.3 is 31.2 Å². The fourth-order valence-electron chi connectivity index (χ4n) is 0.388. The first-order valence-corrected chi connectivity index (χ1v) is 3.38. The van der Waals surface area contributed by atoms with Crippen LogP contribution in [0.3, 0.4) is 0 Å². The summed E-state index contributed by atoms with van der Waals surface area (Å²) in [4.78, 5) is 30.4. The van der Waals surface area contributed by atoms with Crippen molar-refractivity contribution in [2.75, 3.05) is 0 Å². The van der Waals surface area contributed by atoms with Crippen LogP contribution in [0.25, 0.3) is 0 Å². The first kappa shape index (κ1) is 15.8. The Bertz CT molecular complexity index is 311. The Morgan fingerprint density at radius 1 is 0.611 bits per heavy atom. The lowest BCUT2D eigenvalue weighted by atomic mass is 11.1. The zero-order valence-corrected chi connectivity index (χ0v) is 7.63. The second-order valence-electron chi connectivity index (χ2n) is 2.05. The van der Waals surface area contributed by atoms with Crippen LogP contribution in [0.5, 0.6) is 0 Å². The van der Waals surface area contributed by atoms with Crippen molar-refractivity contribution in [2.24, 2.45) is 0 Å². The van der Waals surface area contributed by atoms with E-state index in [1.807, 2.05) is 0 Å². The van der Waals surface area contributed by atoms with E-state index in [1.165, 1.54) is 0 Å². The summed E-state index contributed by atoms with van der Waals surface area (Å²) in [5, 5.41) is 0. The normalized spacial score (nSPS) is 11.4. The summed E-state index contributed by atoms with van der Waals surface area (Å²) in [5.41, 5.74) is 0. The molecule has 0 aromatic rings. The molecule has 18 heavy (non-hydrogen) atoms. The molecule has 0 saturated heterocycles. The van der Waals surface area contributed by atoms with Crippen LogP contribution < -0.4 is 0 Å². The number of hydrogen-bond donors (Lipinski definition) is 0. The number of alkyl halides is 6. The molecule has 0 unspecified atom stereocenters. The summed E-state index contributed by atoms with van der Waals surface area (Å²) >= 11 is 0. The van der Waals surface area contributed by atoms with Gasteiger partial charge in [0.1, 0.15) is 0 Å². The zero-order chi connectivity index (χ0) is 14.6. The van der Waals surface area contributed by atoms with Gasteiger partial charge in [0.25, 0.3) is 0 Å². The second-order valence-corrected chi connectivity index (χ2v) is 2.05. The van der Waals surface area contributed by atoms with Crippen molar-refractivity contribution >= 4 is 18.5 Å². The molecule has 0 aliphatic carbocycles. The van der Waals surface area contributed by atoms with Crippen molar-refractivity contribution < 1.29 is 59.7 Å². The molecule has 13 heteroatoms. The lowest BCUT2D eigenvalue weighted by Gasteiger charge is -2.07. The first-order valence-electron chi connectivity index (χ1n) is 3.38. The molecule has 0 aromatic carbocycles. The average molecular weight is 286 g/mol. The quantitative estimate of drug-likeness (QED) is 0.384. The molecule has 0 radical (unpaired) electrons. The van der Waals surface area contributed by atoms with E-state index in [1.54, 1.807) is 0 Å². The predicted molar refractivity (Wildman–Crippen MR) is 32.6 cm³/mol. The number of carbonyl (C=O) groups excluding carboxylic acids is 3. The van der Waals surface area contributed by atoms with E-state index in [0.717, 1.165) is 0 Å². The van der Waals surface area contributed by atoms with E-state index in [9.17, 15) is 40.7 Å². The number of hydrogen-bond acceptors (Lipinski definition) is 7. The monoisotopic (exact) mass is 286 g/mol. The summed E-state index contributed by atoms with van der Waals surface area (Å²) in [7, 11) is 0. The summed E-state index contributed by atoms with van der Waals surface area (Å²) in [6.07, 6.45) is -18.8. The Labute approximate surface area is 92.1 Å². The van der Waals surface area contributed by atoms with Crippen LogP contribution in [0, 0.1) is 0 Å². The molecule has 0 spiro atoms. The highest BCUT2D eigenvalue weighted by atomic mass is 19.4. The molecule has 7 nitrogen and oxygen atoms in total. The third kappa shape index (κ3) is 9.05. The SMILES string of the molecule is O=C(OC(=O)OC(F)(F)F)OC(=O)OC(F)(F)F. The topological polar surface area (TPSA) is 88.1 Å². The first-order chi connectivity index (χ1) is 7.89. The maximum absolute atomic E-state index is 11.3. The molecule has 0 aromatic heterocycles. The summed E-state index contributed by atoms with van der Waals surface area (Å²) in [5.74, 6) is 0. The number of rotatable bonds is 0. The van der Waals surface area contributed by atoms with Gasteiger partial charge in [0.05, 0.1) is 0 Å². The van der Waals surface area contributed by atoms with Gasteiger partial charge in [0.2, 0.25) is 0 Å². The third-order valence-corrected chi connectivity index (χ3v) is 0.731. The number of ether oxygens (including phenoxy) is 4. The van der Waals surface area contributed by atoms with Gasteiger partial charge in [-0.15, -0.1) is 26.3 Å². The van der Waals surface area contributed by atoms with Gasteiger partial charge in [-0.25, -0.2) is 14.4 Å². The predicted octanol–water partition coefficient (Wildman–Crippen LogP) is 2.45. The van der Waals surface area contributed by atoms with Crippen molar-refractivity contribution in [3.05, 3.63) is 0 Å². The van der Waals surface area contributed by atoms with Crippen LogP contribution in [-0.2, 0) is 18.9 Å². The van der Waals surface area contributed by atoms with Gasteiger partial charge in [-0.1, -0.05) is 0 Å². The van der Waals surface area contributed by atoms with Crippen LogP contribution in [0.15, 0.2) is 0 Å². The zero-order valence-electron chi connectivity index (χ0n) is 7.63. The smallest absolute Gasteiger partial charge is 0.340 e. The number of carbonyl (C=O) groups is 3. The van der Waals surface area contributed by atoms with E-state index in [2.05, 4.69) is 18.9 Å². The van der Waals surface area contributed by atoms with Crippen molar-refractivity contribution in [2.45, 2.75) is 12.7 Å². The molecular formula is C5F6O7. The molecule has 0 aliphatic heterocycles. The molecule has 104 valence electrons. The maximum atomic E-state index is 11.3. The number of halogens is 6. The standard InChI is InChI=1S/C5F6O7/c6-4(7,8)17-2(13)15-1(12)16-3(14)18-5(9,10)11. The van der Waals surface area contributed by atoms with Crippen LogP contribution in [-0.4, -0.2) is 31.2 Å². The molecule has 0 rings (SSSR count). The van der Waals surface area contributed by atoms with Gasteiger partial charge in [0, 0.05) is 0 Å². The Balaban J connectivity index is 4.13. The Hall–Kier alpha value is -2.21. The van der Waals surface area contributed by atoms with E-state index >= 15 is 0 Å². The largest absolute Gasteiger partial charge is 0.577 e. The van der Waals surface area contributed by atoms with Gasteiger partial charge in [0.15, 0.2) is 0 Å². The van der Waals surface area contributed by atoms with Crippen LogP contribution in [0.2, 0.25) is 0 Å². The van der Waals surface area contributed by atoms with E-state index < -0.39 is 31.2 Å². The van der Waals surface area contributed by atoms with Gasteiger partial charge in [-0.05, 0) is 0 Å². The molecule has 0 heterocycles. The average Bonchev–Trinajstić information content (AvgIpc) is 1.92. The molecule has 0 amide bonds. The molecule has 0 bridgehead atoms. The lowest BCUT2D eigenvalue weighted by molar-refractivity contribution is -0.298. The van der Waals surface area contributed by atoms with Crippen molar-refractivity contribution in [1.82, 2.24) is 0 Å². The highest BCUT2D eigenvalue weighted by Gasteiger charge is 2.38. The fourth-order valence-corrected chi connectivity index (χ4v) is 0.388.